The molecule has 2 heterocycles. The second kappa shape index (κ2) is 8.94. The quantitative estimate of drug-likeness (QED) is 0.339. The average Bonchev–Trinajstić information content (AvgIpc) is 2.96. The van der Waals surface area contributed by atoms with Crippen molar-refractivity contribution in [1.82, 2.24) is 0 Å². The molecule has 0 amide bonds. The standard InChI is InChI=1S/C14H28B2O5S/c1-8-13(18-3)10(21-14(8)16)6-19-7-22-11-4-12(15)20-9(11)5-17-2/h8-14H,4-7,15-16H2,1-3H3/t8-,9+,10+,11?,12+,13?,14+/m0/s1. The van der Waals surface area contributed by atoms with E-state index in [1.54, 1.807) is 26.0 Å². The molecule has 0 bridgehead atoms. The normalized spacial score (nSPS) is 42.0. The summed E-state index contributed by atoms with van der Waals surface area (Å²) in [4.78, 5) is 0. The smallest absolute Gasteiger partial charge is 0.139 e. The molecule has 2 unspecified atom stereocenters. The van der Waals surface area contributed by atoms with Gasteiger partial charge >= 0.3 is 0 Å². The van der Waals surface area contributed by atoms with Crippen molar-refractivity contribution < 1.29 is 23.7 Å². The average molecular weight is 330 g/mol. The predicted octanol–water partition coefficient (Wildman–Crippen LogP) is -0.534. The van der Waals surface area contributed by atoms with Crippen LogP contribution in [0.1, 0.15) is 13.3 Å². The maximum absolute atomic E-state index is 5.92. The summed E-state index contributed by atoms with van der Waals surface area (Å²) in [6, 6.07) is 0.525. The van der Waals surface area contributed by atoms with Gasteiger partial charge < -0.3 is 23.7 Å². The summed E-state index contributed by atoms with van der Waals surface area (Å²) in [7, 11) is 7.67. The Bertz CT molecular complexity index is 338. The number of ether oxygens (including phenoxy) is 5. The highest BCUT2D eigenvalue weighted by Gasteiger charge is 2.39. The van der Waals surface area contributed by atoms with Crippen molar-refractivity contribution in [2.45, 2.75) is 48.9 Å². The molecule has 2 aliphatic heterocycles. The van der Waals surface area contributed by atoms with Crippen LogP contribution in [-0.2, 0) is 23.7 Å². The largest absolute Gasteiger partial charge is 0.382 e. The summed E-state index contributed by atoms with van der Waals surface area (Å²) in [6.07, 6.45) is 1.37. The highest BCUT2D eigenvalue weighted by Crippen LogP contribution is 2.31. The first kappa shape index (κ1) is 18.6. The van der Waals surface area contributed by atoms with Crippen LogP contribution in [0.2, 0.25) is 0 Å². The zero-order valence-electron chi connectivity index (χ0n) is 14.3. The van der Waals surface area contributed by atoms with Gasteiger partial charge in [-0.1, -0.05) is 6.92 Å². The fourth-order valence-corrected chi connectivity index (χ4v) is 4.42. The van der Waals surface area contributed by atoms with Crippen LogP contribution >= 0.6 is 11.8 Å². The van der Waals surface area contributed by atoms with E-state index in [2.05, 4.69) is 22.6 Å². The first-order valence-electron chi connectivity index (χ1n) is 8.08. The van der Waals surface area contributed by atoms with Gasteiger partial charge in [-0.3, -0.25) is 0 Å². The zero-order chi connectivity index (χ0) is 16.1. The fraction of sp³-hybridized carbons (Fsp3) is 1.00. The van der Waals surface area contributed by atoms with Gasteiger partial charge in [-0.15, -0.1) is 11.8 Å². The summed E-state index contributed by atoms with van der Waals surface area (Å²) in [5, 5.41) is 0.440. The van der Waals surface area contributed by atoms with E-state index >= 15 is 0 Å². The Labute approximate surface area is 139 Å². The minimum Gasteiger partial charge on any atom is -0.382 e. The van der Waals surface area contributed by atoms with Crippen LogP contribution in [0.15, 0.2) is 0 Å². The van der Waals surface area contributed by atoms with Gasteiger partial charge in [-0.05, 0) is 6.42 Å². The SMILES string of the molecule is B[C@@H]1O[C@H](COCSC2C[C@H](B)O[C@@H]2COC)C(OC)[C@@H]1C. The lowest BCUT2D eigenvalue weighted by Gasteiger charge is -2.20. The molecule has 5 nitrogen and oxygen atoms in total. The third-order valence-corrected chi connectivity index (χ3v) is 5.88. The highest BCUT2D eigenvalue weighted by atomic mass is 32.2. The third kappa shape index (κ3) is 4.65. The Hall–Kier alpha value is 0.280. The molecule has 0 aliphatic carbocycles. The fourth-order valence-electron chi connectivity index (χ4n) is 3.29. The van der Waals surface area contributed by atoms with Crippen molar-refractivity contribution >= 4 is 27.5 Å². The van der Waals surface area contributed by atoms with E-state index < -0.39 is 0 Å². The Morgan fingerprint density at radius 2 is 1.91 bits per heavy atom. The van der Waals surface area contributed by atoms with Crippen molar-refractivity contribution in [2.75, 3.05) is 33.4 Å². The first-order valence-corrected chi connectivity index (χ1v) is 9.13. The molecule has 126 valence electrons. The van der Waals surface area contributed by atoms with Crippen LogP contribution in [0.5, 0.6) is 0 Å². The van der Waals surface area contributed by atoms with Crippen LogP contribution < -0.4 is 0 Å². The highest BCUT2D eigenvalue weighted by molar-refractivity contribution is 7.99. The Morgan fingerprint density at radius 3 is 2.59 bits per heavy atom. The lowest BCUT2D eigenvalue weighted by molar-refractivity contribution is -0.0361. The van der Waals surface area contributed by atoms with Crippen molar-refractivity contribution in [3.63, 3.8) is 0 Å². The number of rotatable bonds is 8. The summed E-state index contributed by atoms with van der Waals surface area (Å²) in [5.74, 6) is 1.06. The Balaban J connectivity index is 1.68. The monoisotopic (exact) mass is 330 g/mol. The lowest BCUT2D eigenvalue weighted by atomic mass is 9.86. The molecule has 0 aromatic carbocycles. The van der Waals surface area contributed by atoms with Gasteiger partial charge in [-0.25, -0.2) is 0 Å². The predicted molar refractivity (Wildman–Crippen MR) is 93.1 cm³/mol. The van der Waals surface area contributed by atoms with E-state index in [4.69, 9.17) is 23.7 Å². The first-order chi connectivity index (χ1) is 10.6. The molecule has 0 saturated carbocycles. The molecule has 2 rings (SSSR count). The Morgan fingerprint density at radius 1 is 1.14 bits per heavy atom. The van der Waals surface area contributed by atoms with Gasteiger partial charge in [0.05, 0.1) is 31.4 Å². The molecule has 22 heavy (non-hydrogen) atoms. The van der Waals surface area contributed by atoms with Crippen molar-refractivity contribution in [3.8, 4) is 0 Å². The maximum Gasteiger partial charge on any atom is 0.139 e. The number of thioether (sulfide) groups is 1. The van der Waals surface area contributed by atoms with Crippen LogP contribution in [0.4, 0.5) is 0 Å². The second-order valence-electron chi connectivity index (χ2n) is 6.31. The van der Waals surface area contributed by atoms with Crippen LogP contribution in [0, 0.1) is 5.92 Å². The van der Waals surface area contributed by atoms with Crippen molar-refractivity contribution in [3.05, 3.63) is 0 Å². The molecule has 0 spiro atoms. The summed E-state index contributed by atoms with van der Waals surface area (Å²) in [5.41, 5.74) is 0. The molecule has 2 saturated heterocycles. The van der Waals surface area contributed by atoms with E-state index in [0.29, 0.717) is 36.3 Å². The molecule has 0 aromatic heterocycles. The van der Waals surface area contributed by atoms with Crippen LogP contribution in [0.3, 0.4) is 0 Å². The maximum atomic E-state index is 5.92. The molecule has 7 atom stereocenters. The number of hydrogen-bond acceptors (Lipinski definition) is 6. The minimum atomic E-state index is 0.0316. The molecule has 0 N–H and O–H groups in total. The molecule has 0 radical (unpaired) electrons. The van der Waals surface area contributed by atoms with Crippen molar-refractivity contribution in [1.29, 1.82) is 0 Å². The lowest BCUT2D eigenvalue weighted by Crippen LogP contribution is -2.31. The summed E-state index contributed by atoms with van der Waals surface area (Å²) < 4.78 is 28.4. The number of methoxy groups -OCH3 is 2. The van der Waals surface area contributed by atoms with Gasteiger partial charge in [-0.2, -0.15) is 0 Å². The van der Waals surface area contributed by atoms with E-state index in [0.717, 1.165) is 6.42 Å². The summed E-state index contributed by atoms with van der Waals surface area (Å²) in [6.45, 7) is 3.40. The molecular weight excluding hydrogens is 302 g/mol. The van der Waals surface area contributed by atoms with E-state index in [1.165, 1.54) is 0 Å². The van der Waals surface area contributed by atoms with Gasteiger partial charge in [0.1, 0.15) is 21.8 Å². The second-order valence-corrected chi connectivity index (χ2v) is 7.48. The van der Waals surface area contributed by atoms with Gasteiger partial charge in [0.25, 0.3) is 0 Å². The Kier molecular flexibility index (Phi) is 7.57. The van der Waals surface area contributed by atoms with Crippen molar-refractivity contribution in [2.24, 2.45) is 5.92 Å². The van der Waals surface area contributed by atoms with E-state index in [9.17, 15) is 0 Å². The van der Waals surface area contributed by atoms with E-state index in [-0.39, 0.29) is 24.3 Å². The minimum absolute atomic E-state index is 0.0316. The van der Waals surface area contributed by atoms with Gasteiger partial charge in [0, 0.05) is 37.4 Å². The molecule has 8 heteroatoms. The number of hydrogen-bond donors (Lipinski definition) is 0. The molecule has 0 aromatic rings. The zero-order valence-corrected chi connectivity index (χ0v) is 15.1. The van der Waals surface area contributed by atoms with Gasteiger partial charge in [0.15, 0.2) is 0 Å². The molecular formula is C14H28B2O5S. The topological polar surface area (TPSA) is 46.2 Å². The summed E-state index contributed by atoms with van der Waals surface area (Å²) >= 11 is 1.81. The van der Waals surface area contributed by atoms with Crippen LogP contribution in [-0.4, -0.2) is 84.6 Å². The van der Waals surface area contributed by atoms with E-state index in [1.807, 2.05) is 0 Å². The molecule has 2 fully saturated rings. The third-order valence-electron chi connectivity index (χ3n) is 4.65. The van der Waals surface area contributed by atoms with Crippen LogP contribution in [0.25, 0.3) is 0 Å². The van der Waals surface area contributed by atoms with Gasteiger partial charge in [0.2, 0.25) is 0 Å². The molecule has 2 aliphatic rings.